The lowest BCUT2D eigenvalue weighted by atomic mass is 9.69. The van der Waals surface area contributed by atoms with Gasteiger partial charge in [-0.2, -0.15) is 0 Å². The molecule has 2 nitrogen and oxygen atoms in total. The Morgan fingerprint density at radius 3 is 2.55 bits per heavy atom. The standard InChI is InChI=1S/C18H38N2/c1-7-9-17(5)20(6)14-18(13-19-15(2)3)11-8-10-16(4)12-18/h15-17,19H,7-14H2,1-6H3. The largest absolute Gasteiger partial charge is 0.314 e. The number of hydrogen-bond donors (Lipinski definition) is 1. The lowest BCUT2D eigenvalue weighted by Crippen LogP contribution is -2.48. The first-order chi connectivity index (χ1) is 9.38. The summed E-state index contributed by atoms with van der Waals surface area (Å²) < 4.78 is 0. The summed E-state index contributed by atoms with van der Waals surface area (Å²) in [5, 5.41) is 3.73. The van der Waals surface area contributed by atoms with Crippen LogP contribution in [0.25, 0.3) is 0 Å². The molecule has 0 radical (unpaired) electrons. The predicted molar refractivity (Wildman–Crippen MR) is 90.2 cm³/mol. The third kappa shape index (κ3) is 5.73. The van der Waals surface area contributed by atoms with Gasteiger partial charge >= 0.3 is 0 Å². The molecule has 2 heteroatoms. The summed E-state index contributed by atoms with van der Waals surface area (Å²) in [5.41, 5.74) is 0.499. The van der Waals surface area contributed by atoms with Gasteiger partial charge in [0.2, 0.25) is 0 Å². The minimum Gasteiger partial charge on any atom is -0.314 e. The summed E-state index contributed by atoms with van der Waals surface area (Å²) in [4.78, 5) is 2.61. The van der Waals surface area contributed by atoms with Crippen molar-refractivity contribution in [3.8, 4) is 0 Å². The van der Waals surface area contributed by atoms with E-state index < -0.39 is 0 Å². The Kier molecular flexibility index (Phi) is 7.53. The van der Waals surface area contributed by atoms with Crippen LogP contribution in [0.3, 0.4) is 0 Å². The molecule has 120 valence electrons. The Morgan fingerprint density at radius 2 is 2.00 bits per heavy atom. The SMILES string of the molecule is CCCC(C)N(C)CC1(CNC(C)C)CCCC(C)C1. The highest BCUT2D eigenvalue weighted by Gasteiger charge is 2.36. The number of rotatable bonds is 8. The number of nitrogens with zero attached hydrogens (tertiary/aromatic N) is 1. The van der Waals surface area contributed by atoms with E-state index in [1.165, 1.54) is 51.6 Å². The van der Waals surface area contributed by atoms with E-state index in [9.17, 15) is 0 Å². The van der Waals surface area contributed by atoms with Crippen molar-refractivity contribution in [1.29, 1.82) is 0 Å². The normalized spacial score (nSPS) is 29.1. The highest BCUT2D eigenvalue weighted by molar-refractivity contribution is 4.90. The molecule has 1 N–H and O–H groups in total. The monoisotopic (exact) mass is 282 g/mol. The van der Waals surface area contributed by atoms with Crippen molar-refractivity contribution in [3.05, 3.63) is 0 Å². The van der Waals surface area contributed by atoms with Crippen molar-refractivity contribution < 1.29 is 0 Å². The fraction of sp³-hybridized carbons (Fsp3) is 1.00. The molecule has 20 heavy (non-hydrogen) atoms. The highest BCUT2D eigenvalue weighted by atomic mass is 15.1. The van der Waals surface area contributed by atoms with E-state index in [-0.39, 0.29) is 0 Å². The van der Waals surface area contributed by atoms with Crippen molar-refractivity contribution in [3.63, 3.8) is 0 Å². The van der Waals surface area contributed by atoms with Gasteiger partial charge in [0, 0.05) is 25.2 Å². The second-order valence-electron chi connectivity index (χ2n) is 7.79. The van der Waals surface area contributed by atoms with Crippen LogP contribution in [0.4, 0.5) is 0 Å². The molecule has 3 unspecified atom stereocenters. The first-order valence-corrected chi connectivity index (χ1v) is 8.82. The second-order valence-corrected chi connectivity index (χ2v) is 7.79. The van der Waals surface area contributed by atoms with Crippen molar-refractivity contribution in [2.75, 3.05) is 20.1 Å². The first kappa shape index (κ1) is 18.0. The van der Waals surface area contributed by atoms with Crippen LogP contribution >= 0.6 is 0 Å². The third-order valence-corrected chi connectivity index (χ3v) is 5.11. The summed E-state index contributed by atoms with van der Waals surface area (Å²) in [5.74, 6) is 0.896. The molecule has 0 aromatic carbocycles. The van der Waals surface area contributed by atoms with E-state index in [4.69, 9.17) is 0 Å². The van der Waals surface area contributed by atoms with Gasteiger partial charge in [0.05, 0.1) is 0 Å². The van der Waals surface area contributed by atoms with Crippen LogP contribution < -0.4 is 5.32 Å². The van der Waals surface area contributed by atoms with E-state index in [0.29, 0.717) is 17.5 Å². The van der Waals surface area contributed by atoms with Crippen LogP contribution in [-0.4, -0.2) is 37.1 Å². The van der Waals surface area contributed by atoms with Crippen LogP contribution in [0.5, 0.6) is 0 Å². The van der Waals surface area contributed by atoms with Gasteiger partial charge in [0.15, 0.2) is 0 Å². The molecular weight excluding hydrogens is 244 g/mol. The molecule has 1 aliphatic carbocycles. The van der Waals surface area contributed by atoms with Gasteiger partial charge in [-0.3, -0.25) is 0 Å². The maximum absolute atomic E-state index is 3.73. The average molecular weight is 283 g/mol. The van der Waals surface area contributed by atoms with E-state index in [1.807, 2.05) is 0 Å². The minimum absolute atomic E-state index is 0.499. The van der Waals surface area contributed by atoms with Crippen LogP contribution in [0, 0.1) is 11.3 Å². The zero-order chi connectivity index (χ0) is 15.2. The molecule has 3 atom stereocenters. The third-order valence-electron chi connectivity index (χ3n) is 5.11. The van der Waals surface area contributed by atoms with Crippen molar-refractivity contribution >= 4 is 0 Å². The Bertz CT molecular complexity index is 264. The first-order valence-electron chi connectivity index (χ1n) is 8.82. The number of hydrogen-bond acceptors (Lipinski definition) is 2. The maximum Gasteiger partial charge on any atom is 0.00640 e. The summed E-state index contributed by atoms with van der Waals surface area (Å²) in [7, 11) is 2.33. The lowest BCUT2D eigenvalue weighted by molar-refractivity contribution is 0.0721. The molecule has 0 aromatic rings. The molecule has 1 aliphatic rings. The Hall–Kier alpha value is -0.0800. The van der Waals surface area contributed by atoms with E-state index in [0.717, 1.165) is 5.92 Å². The zero-order valence-corrected chi connectivity index (χ0v) is 14.8. The molecular formula is C18H38N2. The van der Waals surface area contributed by atoms with E-state index >= 15 is 0 Å². The van der Waals surface area contributed by atoms with Gasteiger partial charge in [-0.25, -0.2) is 0 Å². The molecule has 0 aromatic heterocycles. The zero-order valence-electron chi connectivity index (χ0n) is 14.8. The molecule has 0 saturated heterocycles. The smallest absolute Gasteiger partial charge is 0.00640 e. The second kappa shape index (κ2) is 8.38. The molecule has 0 heterocycles. The molecule has 0 spiro atoms. The van der Waals surface area contributed by atoms with Gasteiger partial charge in [-0.15, -0.1) is 0 Å². The van der Waals surface area contributed by atoms with Gasteiger partial charge in [0.1, 0.15) is 0 Å². The van der Waals surface area contributed by atoms with Crippen molar-refractivity contribution in [2.24, 2.45) is 11.3 Å². The van der Waals surface area contributed by atoms with E-state index in [1.54, 1.807) is 0 Å². The number of nitrogens with one attached hydrogen (secondary N) is 1. The van der Waals surface area contributed by atoms with Gasteiger partial charge in [-0.1, -0.05) is 47.0 Å². The Morgan fingerprint density at radius 1 is 1.30 bits per heavy atom. The van der Waals surface area contributed by atoms with Crippen LogP contribution in [-0.2, 0) is 0 Å². The maximum atomic E-state index is 3.73. The summed E-state index contributed by atoms with van der Waals surface area (Å²) in [6, 6.07) is 1.32. The topological polar surface area (TPSA) is 15.3 Å². The van der Waals surface area contributed by atoms with Crippen LogP contribution in [0.15, 0.2) is 0 Å². The molecule has 0 bridgehead atoms. The minimum atomic E-state index is 0.499. The summed E-state index contributed by atoms with van der Waals surface area (Å²) in [6.45, 7) is 14.1. The highest BCUT2D eigenvalue weighted by Crippen LogP contribution is 2.40. The van der Waals surface area contributed by atoms with Gasteiger partial charge < -0.3 is 10.2 Å². The fourth-order valence-corrected chi connectivity index (χ4v) is 3.87. The Labute approximate surface area is 127 Å². The molecule has 1 rings (SSSR count). The predicted octanol–water partition coefficient (Wildman–Crippen LogP) is 4.30. The van der Waals surface area contributed by atoms with Crippen LogP contribution in [0.2, 0.25) is 0 Å². The fourth-order valence-electron chi connectivity index (χ4n) is 3.87. The Balaban J connectivity index is 2.66. The van der Waals surface area contributed by atoms with Crippen molar-refractivity contribution in [1.82, 2.24) is 10.2 Å². The van der Waals surface area contributed by atoms with E-state index in [2.05, 4.69) is 51.9 Å². The lowest BCUT2D eigenvalue weighted by Gasteiger charge is -2.44. The van der Waals surface area contributed by atoms with Crippen LogP contribution in [0.1, 0.15) is 73.1 Å². The molecule has 1 fully saturated rings. The summed E-state index contributed by atoms with van der Waals surface area (Å²) >= 11 is 0. The van der Waals surface area contributed by atoms with Crippen molar-refractivity contribution in [2.45, 2.75) is 85.2 Å². The average Bonchev–Trinajstić information content (AvgIpc) is 2.37. The molecule has 1 saturated carbocycles. The van der Waals surface area contributed by atoms with Gasteiger partial charge in [-0.05, 0) is 44.6 Å². The quantitative estimate of drug-likeness (QED) is 0.714. The summed E-state index contributed by atoms with van der Waals surface area (Å²) in [6.07, 6.45) is 8.25. The molecule has 0 amide bonds. The van der Waals surface area contributed by atoms with Gasteiger partial charge in [0.25, 0.3) is 0 Å². The molecule has 0 aliphatic heterocycles.